The fourth-order valence-corrected chi connectivity index (χ4v) is 5.16. The lowest BCUT2D eigenvalue weighted by atomic mass is 9.86. The van der Waals surface area contributed by atoms with Crippen molar-refractivity contribution in [2.45, 2.75) is 30.9 Å². The lowest BCUT2D eigenvalue weighted by Crippen LogP contribution is -2.56. The van der Waals surface area contributed by atoms with Gasteiger partial charge in [-0.1, -0.05) is 48.5 Å². The number of benzene rings is 2. The summed E-state index contributed by atoms with van der Waals surface area (Å²) in [6.07, 6.45) is 0.686. The maximum absolute atomic E-state index is 12.9. The first kappa shape index (κ1) is 18.2. The van der Waals surface area contributed by atoms with Crippen molar-refractivity contribution in [2.24, 2.45) is 5.92 Å². The van der Waals surface area contributed by atoms with Crippen molar-refractivity contribution in [1.29, 1.82) is 0 Å². The topological polar surface area (TPSA) is 76.1 Å². The van der Waals surface area contributed by atoms with E-state index in [-0.39, 0.29) is 24.5 Å². The first-order chi connectivity index (χ1) is 14.1. The average molecular weight is 393 g/mol. The molecule has 0 bridgehead atoms. The second-order valence-corrected chi connectivity index (χ2v) is 7.93. The van der Waals surface area contributed by atoms with Crippen LogP contribution in [0.25, 0.3) is 11.1 Å². The van der Waals surface area contributed by atoms with Gasteiger partial charge in [-0.2, -0.15) is 0 Å². The van der Waals surface area contributed by atoms with E-state index in [1.807, 2.05) is 24.3 Å². The van der Waals surface area contributed by atoms with Gasteiger partial charge >= 0.3 is 12.1 Å². The SMILES string of the molecule is O=C(O)C1[C@@H]2CCO[C@@H]2CCN1C(=O)OCC1c2ccccc2-c2ccccc21. The number of fused-ring (bicyclic) bond motifs is 4. The molecule has 1 amide bonds. The number of amides is 1. The summed E-state index contributed by atoms with van der Waals surface area (Å²) in [5.41, 5.74) is 4.60. The van der Waals surface area contributed by atoms with Gasteiger partial charge in [0.1, 0.15) is 12.6 Å². The third kappa shape index (κ3) is 2.99. The van der Waals surface area contributed by atoms with Crippen LogP contribution in [-0.2, 0) is 14.3 Å². The lowest BCUT2D eigenvalue weighted by molar-refractivity contribution is -0.148. The summed E-state index contributed by atoms with van der Waals surface area (Å²) in [5.74, 6) is -1.19. The van der Waals surface area contributed by atoms with E-state index in [2.05, 4.69) is 24.3 Å². The van der Waals surface area contributed by atoms with Crippen LogP contribution in [0.15, 0.2) is 48.5 Å². The number of hydrogen-bond acceptors (Lipinski definition) is 4. The lowest BCUT2D eigenvalue weighted by Gasteiger charge is -2.39. The van der Waals surface area contributed by atoms with Crippen molar-refractivity contribution in [2.75, 3.05) is 19.8 Å². The summed E-state index contributed by atoms with van der Waals surface area (Å²) < 4.78 is 11.3. The molecular formula is C23H23NO5. The highest BCUT2D eigenvalue weighted by Gasteiger charge is 2.47. The number of carboxylic acid groups (broad SMARTS) is 1. The minimum absolute atomic E-state index is 0.0398. The zero-order chi connectivity index (χ0) is 20.0. The van der Waals surface area contributed by atoms with E-state index in [1.54, 1.807) is 0 Å². The fraction of sp³-hybridized carbons (Fsp3) is 0.391. The summed E-state index contributed by atoms with van der Waals surface area (Å²) in [6.45, 7) is 1.09. The highest BCUT2D eigenvalue weighted by molar-refractivity contribution is 5.81. The van der Waals surface area contributed by atoms with Crippen molar-refractivity contribution >= 4 is 12.1 Å². The van der Waals surface area contributed by atoms with Crippen LogP contribution in [0.2, 0.25) is 0 Å². The average Bonchev–Trinajstić information content (AvgIpc) is 3.34. The largest absolute Gasteiger partial charge is 0.480 e. The Labute approximate surface area is 169 Å². The Morgan fingerprint density at radius 2 is 1.69 bits per heavy atom. The van der Waals surface area contributed by atoms with Crippen LogP contribution in [0.5, 0.6) is 0 Å². The molecule has 3 atom stereocenters. The standard InChI is InChI=1S/C23H23NO5/c25-22(26)21-18-10-12-28-20(18)9-11-24(21)23(27)29-13-19-16-7-3-1-5-14(16)15-6-2-4-8-17(15)19/h1-8,18-21H,9-13H2,(H,25,26)/t18-,20-,21?/m1/s1. The van der Waals surface area contributed by atoms with Gasteiger partial charge in [0.2, 0.25) is 0 Å². The third-order valence-corrected chi connectivity index (χ3v) is 6.48. The van der Waals surface area contributed by atoms with Gasteiger partial charge in [0, 0.05) is 25.0 Å². The summed E-state index contributed by atoms with van der Waals surface area (Å²) in [6, 6.07) is 15.4. The van der Waals surface area contributed by atoms with E-state index < -0.39 is 18.1 Å². The quantitative estimate of drug-likeness (QED) is 0.864. The Balaban J connectivity index is 1.35. The van der Waals surface area contributed by atoms with Gasteiger partial charge in [-0.3, -0.25) is 4.90 Å². The summed E-state index contributed by atoms with van der Waals surface area (Å²) in [4.78, 5) is 26.2. The van der Waals surface area contributed by atoms with Gasteiger partial charge in [-0.15, -0.1) is 0 Å². The third-order valence-electron chi connectivity index (χ3n) is 6.48. The molecule has 0 aromatic heterocycles. The molecule has 1 unspecified atom stereocenters. The van der Waals surface area contributed by atoms with Crippen LogP contribution < -0.4 is 0 Å². The molecule has 0 saturated carbocycles. The van der Waals surface area contributed by atoms with Crippen LogP contribution >= 0.6 is 0 Å². The molecule has 150 valence electrons. The van der Waals surface area contributed by atoms with E-state index in [9.17, 15) is 14.7 Å². The summed E-state index contributed by atoms with van der Waals surface area (Å²) >= 11 is 0. The van der Waals surface area contributed by atoms with Gasteiger partial charge in [-0.05, 0) is 35.1 Å². The van der Waals surface area contributed by atoms with Crippen LogP contribution in [0.4, 0.5) is 4.79 Å². The van der Waals surface area contributed by atoms with Crippen LogP contribution in [0, 0.1) is 5.92 Å². The molecule has 0 spiro atoms. The van der Waals surface area contributed by atoms with Crippen molar-refractivity contribution in [3.63, 3.8) is 0 Å². The number of carbonyl (C=O) groups is 2. The van der Waals surface area contributed by atoms with Gasteiger partial charge < -0.3 is 14.6 Å². The molecule has 2 aliphatic heterocycles. The molecule has 2 aromatic carbocycles. The minimum Gasteiger partial charge on any atom is -0.480 e. The smallest absolute Gasteiger partial charge is 0.410 e. The van der Waals surface area contributed by atoms with Gasteiger partial charge in [-0.25, -0.2) is 9.59 Å². The molecule has 2 saturated heterocycles. The maximum Gasteiger partial charge on any atom is 0.410 e. The maximum atomic E-state index is 12.9. The zero-order valence-corrected chi connectivity index (χ0v) is 16.0. The molecular weight excluding hydrogens is 370 g/mol. The molecule has 29 heavy (non-hydrogen) atoms. The number of likely N-dealkylation sites (tertiary alicyclic amines) is 1. The number of hydrogen-bond donors (Lipinski definition) is 1. The fourth-order valence-electron chi connectivity index (χ4n) is 5.16. The molecule has 3 aliphatic rings. The van der Waals surface area contributed by atoms with E-state index in [0.29, 0.717) is 26.0 Å². The van der Waals surface area contributed by atoms with Gasteiger partial charge in [0.05, 0.1) is 6.10 Å². The zero-order valence-electron chi connectivity index (χ0n) is 16.0. The Morgan fingerprint density at radius 3 is 2.34 bits per heavy atom. The van der Waals surface area contributed by atoms with Crippen molar-refractivity contribution in [1.82, 2.24) is 4.90 Å². The molecule has 5 rings (SSSR count). The van der Waals surface area contributed by atoms with E-state index in [4.69, 9.17) is 9.47 Å². The second kappa shape index (κ2) is 7.19. The molecule has 6 nitrogen and oxygen atoms in total. The normalized spacial score (nSPS) is 25.2. The Morgan fingerprint density at radius 1 is 1.03 bits per heavy atom. The molecule has 6 heteroatoms. The second-order valence-electron chi connectivity index (χ2n) is 7.93. The molecule has 0 radical (unpaired) electrons. The molecule has 2 aromatic rings. The number of carbonyl (C=O) groups excluding carboxylic acids is 1. The monoisotopic (exact) mass is 393 g/mol. The predicted molar refractivity (Wildman–Crippen MR) is 106 cm³/mol. The Bertz CT molecular complexity index is 912. The highest BCUT2D eigenvalue weighted by atomic mass is 16.6. The molecule has 1 aliphatic carbocycles. The van der Waals surface area contributed by atoms with Gasteiger partial charge in [0.15, 0.2) is 0 Å². The van der Waals surface area contributed by atoms with Crippen molar-refractivity contribution in [3.8, 4) is 11.1 Å². The number of aliphatic carboxylic acids is 1. The van der Waals surface area contributed by atoms with E-state index in [1.165, 1.54) is 4.90 Å². The molecule has 2 heterocycles. The van der Waals surface area contributed by atoms with E-state index >= 15 is 0 Å². The van der Waals surface area contributed by atoms with Crippen LogP contribution in [-0.4, -0.2) is 54.0 Å². The molecule has 2 fully saturated rings. The first-order valence-electron chi connectivity index (χ1n) is 10.1. The number of rotatable bonds is 3. The Hall–Kier alpha value is -2.86. The van der Waals surface area contributed by atoms with Crippen molar-refractivity contribution < 1.29 is 24.2 Å². The van der Waals surface area contributed by atoms with Crippen molar-refractivity contribution in [3.05, 3.63) is 59.7 Å². The number of ether oxygens (including phenoxy) is 2. The molecule has 1 N–H and O–H groups in total. The first-order valence-corrected chi connectivity index (χ1v) is 10.1. The summed E-state index contributed by atoms with van der Waals surface area (Å²) in [5, 5.41) is 9.74. The highest BCUT2D eigenvalue weighted by Crippen LogP contribution is 2.44. The number of nitrogens with zero attached hydrogens (tertiary/aromatic N) is 1. The van der Waals surface area contributed by atoms with Gasteiger partial charge in [0.25, 0.3) is 0 Å². The van der Waals surface area contributed by atoms with Crippen LogP contribution in [0.1, 0.15) is 29.9 Å². The number of piperidine rings is 1. The Kier molecular flexibility index (Phi) is 4.51. The predicted octanol–water partition coefficient (Wildman–Crippen LogP) is 3.50. The number of carboxylic acids is 1. The van der Waals surface area contributed by atoms with E-state index in [0.717, 1.165) is 22.3 Å². The minimum atomic E-state index is -0.987. The summed E-state index contributed by atoms with van der Waals surface area (Å²) in [7, 11) is 0. The van der Waals surface area contributed by atoms with Crippen LogP contribution in [0.3, 0.4) is 0 Å².